The van der Waals surface area contributed by atoms with Gasteiger partial charge in [0.25, 0.3) is 0 Å². The number of alkyl halides is 1. The minimum atomic E-state index is 0.324. The van der Waals surface area contributed by atoms with E-state index in [0.717, 1.165) is 0 Å². The number of hydrogen-bond acceptors (Lipinski definition) is 0. The minimum absolute atomic E-state index is 0.324. The number of rotatable bonds is 1. The fourth-order valence-electron chi connectivity index (χ4n) is 2.90. The van der Waals surface area contributed by atoms with E-state index in [4.69, 9.17) is 11.6 Å². The van der Waals surface area contributed by atoms with Gasteiger partial charge in [0.15, 0.2) is 0 Å². The molecule has 2 aromatic carbocycles. The summed E-state index contributed by atoms with van der Waals surface area (Å²) in [6.07, 6.45) is 5.02. The van der Waals surface area contributed by atoms with Crippen LogP contribution in [-0.2, 0) is 0 Å². The van der Waals surface area contributed by atoms with E-state index in [0.29, 0.717) is 11.3 Å². The zero-order chi connectivity index (χ0) is 11.7. The summed E-state index contributed by atoms with van der Waals surface area (Å²) in [7, 11) is 0. The molecule has 0 saturated heterocycles. The molecule has 88 valence electrons. The Bertz CT molecular complexity index is 518. The molecule has 17 heavy (non-hydrogen) atoms. The fourth-order valence-corrected chi connectivity index (χ4v) is 3.33. The molecule has 0 radical (unpaired) electrons. The molecule has 1 fully saturated rings. The van der Waals surface area contributed by atoms with Crippen LogP contribution in [0.1, 0.15) is 37.2 Å². The van der Waals surface area contributed by atoms with Crippen LogP contribution in [0.3, 0.4) is 0 Å². The summed E-state index contributed by atoms with van der Waals surface area (Å²) in [6, 6.07) is 15.3. The SMILES string of the molecule is Cl[C@@H]1CCCC[C@@H]1c1ccc2ccccc2c1. The van der Waals surface area contributed by atoms with Crippen molar-refractivity contribution < 1.29 is 0 Å². The monoisotopic (exact) mass is 244 g/mol. The van der Waals surface area contributed by atoms with Crippen LogP contribution >= 0.6 is 11.6 Å². The van der Waals surface area contributed by atoms with Crippen LogP contribution in [0.15, 0.2) is 42.5 Å². The highest BCUT2D eigenvalue weighted by molar-refractivity contribution is 6.21. The van der Waals surface area contributed by atoms with Crippen molar-refractivity contribution >= 4 is 22.4 Å². The standard InChI is InChI=1S/C16H17Cl/c17-16-8-4-3-7-15(16)14-10-9-12-5-1-2-6-13(12)11-14/h1-2,5-6,9-11,15-16H,3-4,7-8H2/t15-,16-/m1/s1. The van der Waals surface area contributed by atoms with E-state index >= 15 is 0 Å². The Labute approximate surface area is 108 Å². The fraction of sp³-hybridized carbons (Fsp3) is 0.375. The molecule has 3 rings (SSSR count). The van der Waals surface area contributed by atoms with Gasteiger partial charge in [-0.25, -0.2) is 0 Å². The predicted octanol–water partition coefficient (Wildman–Crippen LogP) is 5.10. The molecule has 0 spiro atoms. The van der Waals surface area contributed by atoms with Gasteiger partial charge in [0.1, 0.15) is 0 Å². The van der Waals surface area contributed by atoms with Crippen LogP contribution in [0.5, 0.6) is 0 Å². The van der Waals surface area contributed by atoms with Crippen molar-refractivity contribution in [2.24, 2.45) is 0 Å². The maximum atomic E-state index is 6.47. The Morgan fingerprint density at radius 3 is 2.47 bits per heavy atom. The van der Waals surface area contributed by atoms with Crippen molar-refractivity contribution in [2.75, 3.05) is 0 Å². The second-order valence-corrected chi connectivity index (χ2v) is 5.57. The summed E-state index contributed by atoms with van der Waals surface area (Å²) in [6.45, 7) is 0. The first kappa shape index (κ1) is 11.1. The lowest BCUT2D eigenvalue weighted by Gasteiger charge is -2.27. The van der Waals surface area contributed by atoms with E-state index in [1.54, 1.807) is 0 Å². The Morgan fingerprint density at radius 1 is 0.882 bits per heavy atom. The molecule has 0 heterocycles. The molecule has 0 aromatic heterocycles. The summed E-state index contributed by atoms with van der Waals surface area (Å²) < 4.78 is 0. The first-order chi connectivity index (χ1) is 8.34. The lowest BCUT2D eigenvalue weighted by Crippen LogP contribution is -2.17. The first-order valence-electron chi connectivity index (χ1n) is 6.47. The summed E-state index contributed by atoms with van der Waals surface area (Å²) in [4.78, 5) is 0. The molecule has 1 aliphatic carbocycles. The summed E-state index contributed by atoms with van der Waals surface area (Å²) in [5.74, 6) is 0.551. The third-order valence-electron chi connectivity index (χ3n) is 3.88. The maximum Gasteiger partial charge on any atom is 0.0404 e. The van der Waals surface area contributed by atoms with Crippen molar-refractivity contribution in [2.45, 2.75) is 37.0 Å². The van der Waals surface area contributed by atoms with E-state index in [2.05, 4.69) is 42.5 Å². The molecule has 1 saturated carbocycles. The molecule has 2 aromatic rings. The van der Waals surface area contributed by atoms with E-state index in [1.807, 2.05) is 0 Å². The van der Waals surface area contributed by atoms with Gasteiger partial charge < -0.3 is 0 Å². The normalized spacial score (nSPS) is 25.0. The summed E-state index contributed by atoms with van der Waals surface area (Å²) in [5, 5.41) is 2.97. The molecule has 0 unspecified atom stereocenters. The number of halogens is 1. The third kappa shape index (κ3) is 2.19. The first-order valence-corrected chi connectivity index (χ1v) is 6.91. The highest BCUT2D eigenvalue weighted by atomic mass is 35.5. The second-order valence-electron chi connectivity index (χ2n) is 5.01. The molecule has 0 N–H and O–H groups in total. The molecule has 0 bridgehead atoms. The van der Waals surface area contributed by atoms with Crippen molar-refractivity contribution in [3.63, 3.8) is 0 Å². The Hall–Kier alpha value is -1.01. The van der Waals surface area contributed by atoms with E-state index < -0.39 is 0 Å². The molecule has 1 heteroatoms. The Balaban J connectivity index is 1.99. The largest absolute Gasteiger partial charge is 0.122 e. The van der Waals surface area contributed by atoms with E-state index in [-0.39, 0.29) is 0 Å². The number of hydrogen-bond donors (Lipinski definition) is 0. The maximum absolute atomic E-state index is 6.47. The Morgan fingerprint density at radius 2 is 1.65 bits per heavy atom. The van der Waals surface area contributed by atoms with Gasteiger partial charge in [0, 0.05) is 11.3 Å². The van der Waals surface area contributed by atoms with Crippen molar-refractivity contribution in [1.82, 2.24) is 0 Å². The van der Waals surface area contributed by atoms with Gasteiger partial charge in [-0.05, 0) is 29.2 Å². The minimum Gasteiger partial charge on any atom is -0.122 e. The zero-order valence-electron chi connectivity index (χ0n) is 9.90. The van der Waals surface area contributed by atoms with Gasteiger partial charge in [-0.15, -0.1) is 11.6 Å². The van der Waals surface area contributed by atoms with Gasteiger partial charge in [0.2, 0.25) is 0 Å². The topological polar surface area (TPSA) is 0 Å². The quantitative estimate of drug-likeness (QED) is 0.612. The van der Waals surface area contributed by atoms with Crippen molar-refractivity contribution in [1.29, 1.82) is 0 Å². The molecule has 1 aliphatic rings. The van der Waals surface area contributed by atoms with Gasteiger partial charge >= 0.3 is 0 Å². The Kier molecular flexibility index (Phi) is 3.07. The second kappa shape index (κ2) is 4.70. The van der Waals surface area contributed by atoms with Gasteiger partial charge in [-0.3, -0.25) is 0 Å². The van der Waals surface area contributed by atoms with E-state index in [9.17, 15) is 0 Å². The average Bonchev–Trinajstić information content (AvgIpc) is 2.39. The summed E-state index contributed by atoms with van der Waals surface area (Å²) >= 11 is 6.47. The highest BCUT2D eigenvalue weighted by Gasteiger charge is 2.24. The predicted molar refractivity (Wildman–Crippen MR) is 74.8 cm³/mol. The number of benzene rings is 2. The van der Waals surface area contributed by atoms with Crippen LogP contribution in [0, 0.1) is 0 Å². The van der Waals surface area contributed by atoms with Crippen LogP contribution < -0.4 is 0 Å². The third-order valence-corrected chi connectivity index (χ3v) is 4.41. The highest BCUT2D eigenvalue weighted by Crippen LogP contribution is 2.37. The van der Waals surface area contributed by atoms with Crippen molar-refractivity contribution in [3.8, 4) is 0 Å². The lowest BCUT2D eigenvalue weighted by molar-refractivity contribution is 0.451. The van der Waals surface area contributed by atoms with Crippen LogP contribution in [0.25, 0.3) is 10.8 Å². The molecular formula is C16H17Cl. The average molecular weight is 245 g/mol. The van der Waals surface area contributed by atoms with Gasteiger partial charge in [-0.1, -0.05) is 55.3 Å². The van der Waals surface area contributed by atoms with Gasteiger partial charge in [0.05, 0.1) is 0 Å². The lowest BCUT2D eigenvalue weighted by atomic mass is 9.83. The summed E-state index contributed by atoms with van der Waals surface area (Å²) in [5.41, 5.74) is 1.42. The van der Waals surface area contributed by atoms with Crippen LogP contribution in [0.2, 0.25) is 0 Å². The smallest absolute Gasteiger partial charge is 0.0404 e. The van der Waals surface area contributed by atoms with Crippen LogP contribution in [0.4, 0.5) is 0 Å². The molecular weight excluding hydrogens is 228 g/mol. The molecule has 0 aliphatic heterocycles. The zero-order valence-corrected chi connectivity index (χ0v) is 10.7. The molecule has 2 atom stereocenters. The van der Waals surface area contributed by atoms with Crippen LogP contribution in [-0.4, -0.2) is 5.38 Å². The van der Waals surface area contributed by atoms with Gasteiger partial charge in [-0.2, -0.15) is 0 Å². The van der Waals surface area contributed by atoms with E-state index in [1.165, 1.54) is 42.0 Å². The number of fused-ring (bicyclic) bond motifs is 1. The van der Waals surface area contributed by atoms with Crippen molar-refractivity contribution in [3.05, 3.63) is 48.0 Å². The molecule has 0 amide bonds. The molecule has 0 nitrogen and oxygen atoms in total.